The summed E-state index contributed by atoms with van der Waals surface area (Å²) in [5, 5.41) is 0. The number of carbonyl (C=O) groups is 1. The normalized spacial score (nSPS) is 14.9. The van der Waals surface area contributed by atoms with Crippen LogP contribution in [0.1, 0.15) is 103 Å². The molecule has 0 aliphatic carbocycles. The Bertz CT molecular complexity index is 305. The van der Waals surface area contributed by atoms with Gasteiger partial charge in [-0.2, -0.15) is 0 Å². The first kappa shape index (κ1) is 20.3. The highest BCUT2D eigenvalue weighted by Crippen LogP contribution is 2.13. The lowest BCUT2D eigenvalue weighted by Gasteiger charge is -2.14. The molecule has 0 aromatic rings. The number of hydrogen-bond donors (Lipinski definition) is 0. The summed E-state index contributed by atoms with van der Waals surface area (Å²) in [6.07, 6.45) is 23.6. The molecule has 2 heteroatoms. The van der Waals surface area contributed by atoms with E-state index in [4.69, 9.17) is 0 Å². The van der Waals surface area contributed by atoms with Gasteiger partial charge in [-0.15, -0.1) is 0 Å². The fourth-order valence-corrected chi connectivity index (χ4v) is 3.29. The fraction of sp³-hybridized carbons (Fsp3) is 0.857. The van der Waals surface area contributed by atoms with Crippen LogP contribution >= 0.6 is 0 Å². The first-order valence-electron chi connectivity index (χ1n) is 10.3. The van der Waals surface area contributed by atoms with Crippen molar-refractivity contribution in [1.82, 2.24) is 4.90 Å². The number of likely N-dealkylation sites (tertiary alicyclic amines) is 1. The van der Waals surface area contributed by atoms with Gasteiger partial charge in [-0.05, 0) is 44.9 Å². The van der Waals surface area contributed by atoms with Crippen LogP contribution in [0, 0.1) is 0 Å². The summed E-state index contributed by atoms with van der Waals surface area (Å²) in [6.45, 7) is 4.28. The molecule has 0 aromatic heterocycles. The second kappa shape index (κ2) is 14.8. The first-order valence-corrected chi connectivity index (χ1v) is 10.3. The zero-order valence-corrected chi connectivity index (χ0v) is 15.5. The standard InChI is InChI=1S/C21H39NO/c1-2-3-4-5-6-7-8-9-10-11-12-13-14-15-18-21(23)22-19-16-17-20-22/h8-9H,2-7,10-20H2,1H3/b9-8-. The predicted octanol–water partition coefficient (Wildman–Crippen LogP) is 6.26. The van der Waals surface area contributed by atoms with Crippen molar-refractivity contribution >= 4 is 5.91 Å². The first-order chi connectivity index (χ1) is 11.3. The van der Waals surface area contributed by atoms with Gasteiger partial charge in [0.25, 0.3) is 0 Å². The van der Waals surface area contributed by atoms with E-state index in [1.54, 1.807) is 0 Å². The highest BCUT2D eigenvalue weighted by molar-refractivity contribution is 5.76. The van der Waals surface area contributed by atoms with Gasteiger partial charge in [-0.25, -0.2) is 0 Å². The summed E-state index contributed by atoms with van der Waals surface area (Å²) in [5.74, 6) is 0.393. The molecule has 1 amide bonds. The van der Waals surface area contributed by atoms with Crippen LogP contribution in [-0.2, 0) is 4.79 Å². The topological polar surface area (TPSA) is 20.3 Å². The molecule has 0 atom stereocenters. The molecule has 1 aliphatic heterocycles. The van der Waals surface area contributed by atoms with Crippen molar-refractivity contribution in [2.24, 2.45) is 0 Å². The van der Waals surface area contributed by atoms with Crippen LogP contribution in [0.5, 0.6) is 0 Å². The third-order valence-corrected chi connectivity index (χ3v) is 4.86. The van der Waals surface area contributed by atoms with Gasteiger partial charge in [-0.3, -0.25) is 4.79 Å². The molecule has 0 saturated carbocycles. The van der Waals surface area contributed by atoms with Crippen molar-refractivity contribution in [2.75, 3.05) is 13.1 Å². The molecule has 0 N–H and O–H groups in total. The minimum absolute atomic E-state index is 0.393. The lowest BCUT2D eigenvalue weighted by Crippen LogP contribution is -2.27. The molecule has 1 rings (SSSR count). The van der Waals surface area contributed by atoms with Crippen molar-refractivity contribution in [1.29, 1.82) is 0 Å². The molecule has 0 spiro atoms. The maximum Gasteiger partial charge on any atom is 0.222 e. The van der Waals surface area contributed by atoms with E-state index in [2.05, 4.69) is 19.1 Å². The summed E-state index contributed by atoms with van der Waals surface area (Å²) in [7, 11) is 0. The van der Waals surface area contributed by atoms with Crippen LogP contribution in [0.2, 0.25) is 0 Å². The van der Waals surface area contributed by atoms with E-state index < -0.39 is 0 Å². The number of carbonyl (C=O) groups excluding carboxylic acids is 1. The smallest absolute Gasteiger partial charge is 0.222 e. The van der Waals surface area contributed by atoms with Crippen LogP contribution in [-0.4, -0.2) is 23.9 Å². The van der Waals surface area contributed by atoms with Gasteiger partial charge in [0.2, 0.25) is 5.91 Å². The van der Waals surface area contributed by atoms with Gasteiger partial charge < -0.3 is 4.90 Å². The number of nitrogens with zero attached hydrogens (tertiary/aromatic N) is 1. The predicted molar refractivity (Wildman–Crippen MR) is 101 cm³/mol. The quantitative estimate of drug-likeness (QED) is 0.273. The minimum Gasteiger partial charge on any atom is -0.343 e. The molecule has 134 valence electrons. The molecule has 1 aliphatic rings. The Labute approximate surface area is 144 Å². The number of rotatable bonds is 14. The largest absolute Gasteiger partial charge is 0.343 e. The molecule has 0 unspecified atom stereocenters. The second-order valence-corrected chi connectivity index (χ2v) is 7.07. The third kappa shape index (κ3) is 11.4. The molecule has 2 nitrogen and oxygen atoms in total. The fourth-order valence-electron chi connectivity index (χ4n) is 3.29. The second-order valence-electron chi connectivity index (χ2n) is 7.07. The Kier molecular flexibility index (Phi) is 13.0. The van der Waals surface area contributed by atoms with E-state index in [1.807, 2.05) is 4.90 Å². The van der Waals surface area contributed by atoms with Crippen molar-refractivity contribution in [3.8, 4) is 0 Å². The van der Waals surface area contributed by atoms with Crippen molar-refractivity contribution in [3.63, 3.8) is 0 Å². The summed E-state index contributed by atoms with van der Waals surface area (Å²) in [6, 6.07) is 0. The lowest BCUT2D eigenvalue weighted by molar-refractivity contribution is -0.130. The van der Waals surface area contributed by atoms with Gasteiger partial charge in [0.1, 0.15) is 0 Å². The Balaban J connectivity index is 1.78. The van der Waals surface area contributed by atoms with Crippen LogP contribution < -0.4 is 0 Å². The van der Waals surface area contributed by atoms with Crippen molar-refractivity contribution in [3.05, 3.63) is 12.2 Å². The molecule has 0 bridgehead atoms. The summed E-state index contributed by atoms with van der Waals surface area (Å²) in [4.78, 5) is 13.9. The monoisotopic (exact) mass is 321 g/mol. The summed E-state index contributed by atoms with van der Waals surface area (Å²) >= 11 is 0. The molecule has 23 heavy (non-hydrogen) atoms. The Morgan fingerprint density at radius 3 is 1.91 bits per heavy atom. The number of amides is 1. The summed E-state index contributed by atoms with van der Waals surface area (Å²) < 4.78 is 0. The lowest BCUT2D eigenvalue weighted by atomic mass is 10.1. The van der Waals surface area contributed by atoms with Gasteiger partial charge >= 0.3 is 0 Å². The average Bonchev–Trinajstić information content (AvgIpc) is 3.09. The van der Waals surface area contributed by atoms with E-state index in [-0.39, 0.29) is 0 Å². The zero-order valence-electron chi connectivity index (χ0n) is 15.5. The number of allylic oxidation sites excluding steroid dienone is 2. The SMILES string of the molecule is CCCCCCC/C=C\CCCCCCCC(=O)N1CCCC1. The highest BCUT2D eigenvalue weighted by atomic mass is 16.2. The van der Waals surface area contributed by atoms with E-state index >= 15 is 0 Å². The van der Waals surface area contributed by atoms with E-state index in [0.29, 0.717) is 5.91 Å². The van der Waals surface area contributed by atoms with E-state index in [9.17, 15) is 4.79 Å². The van der Waals surface area contributed by atoms with Gasteiger partial charge in [-0.1, -0.05) is 64.0 Å². The van der Waals surface area contributed by atoms with Crippen LogP contribution in [0.3, 0.4) is 0 Å². The number of hydrogen-bond acceptors (Lipinski definition) is 1. The maximum absolute atomic E-state index is 11.9. The minimum atomic E-state index is 0.393. The Hall–Kier alpha value is -0.790. The van der Waals surface area contributed by atoms with Crippen LogP contribution in [0.25, 0.3) is 0 Å². The molecule has 1 heterocycles. The third-order valence-electron chi connectivity index (χ3n) is 4.86. The molecule has 0 aromatic carbocycles. The maximum atomic E-state index is 11.9. The molecular formula is C21H39NO. The highest BCUT2D eigenvalue weighted by Gasteiger charge is 2.16. The molecular weight excluding hydrogens is 282 g/mol. The van der Waals surface area contributed by atoms with Crippen LogP contribution in [0.4, 0.5) is 0 Å². The van der Waals surface area contributed by atoms with Gasteiger partial charge in [0, 0.05) is 19.5 Å². The van der Waals surface area contributed by atoms with E-state index in [0.717, 1.165) is 25.9 Å². The average molecular weight is 322 g/mol. The molecule has 1 fully saturated rings. The molecule has 0 radical (unpaired) electrons. The van der Waals surface area contributed by atoms with E-state index in [1.165, 1.54) is 83.5 Å². The van der Waals surface area contributed by atoms with Crippen molar-refractivity contribution in [2.45, 2.75) is 103 Å². The van der Waals surface area contributed by atoms with Gasteiger partial charge in [0.05, 0.1) is 0 Å². The Morgan fingerprint density at radius 1 is 0.783 bits per heavy atom. The van der Waals surface area contributed by atoms with Gasteiger partial charge in [0.15, 0.2) is 0 Å². The van der Waals surface area contributed by atoms with Crippen molar-refractivity contribution < 1.29 is 4.79 Å². The number of unbranched alkanes of at least 4 members (excludes halogenated alkanes) is 10. The summed E-state index contributed by atoms with van der Waals surface area (Å²) in [5.41, 5.74) is 0. The zero-order chi connectivity index (χ0) is 16.6. The molecule has 1 saturated heterocycles. The Morgan fingerprint density at radius 2 is 1.30 bits per heavy atom. The van der Waals surface area contributed by atoms with Crippen LogP contribution in [0.15, 0.2) is 12.2 Å².